The van der Waals surface area contributed by atoms with Gasteiger partial charge in [0.05, 0.1) is 48.7 Å². The Balaban J connectivity index is 1.82. The van der Waals surface area contributed by atoms with Crippen molar-refractivity contribution in [3.05, 3.63) is 52.0 Å². The highest BCUT2D eigenvalue weighted by Gasteiger charge is 2.43. The second-order valence-corrected chi connectivity index (χ2v) is 18.5. The normalized spacial score (nSPS) is 18.2. The van der Waals surface area contributed by atoms with Gasteiger partial charge in [0.15, 0.2) is 5.69 Å². The molecule has 0 radical (unpaired) electrons. The number of rotatable bonds is 24. The summed E-state index contributed by atoms with van der Waals surface area (Å²) in [5, 5.41) is 8.42. The van der Waals surface area contributed by atoms with Crippen LogP contribution in [0, 0.1) is 23.7 Å². The van der Waals surface area contributed by atoms with Crippen LogP contribution in [0.1, 0.15) is 101 Å². The number of carbonyl (C=O) groups is 5. The summed E-state index contributed by atoms with van der Waals surface area (Å²) < 4.78 is 17.3. The van der Waals surface area contributed by atoms with Crippen molar-refractivity contribution in [1.82, 2.24) is 30.3 Å². The Bertz CT molecular complexity index is 1700. The van der Waals surface area contributed by atoms with E-state index < -0.39 is 48.3 Å². The Hall–Kier alpha value is -3.57. The first-order valence-electron chi connectivity index (χ1n) is 21.6. The third-order valence-electron chi connectivity index (χ3n) is 11.9. The van der Waals surface area contributed by atoms with E-state index in [4.69, 9.17) is 14.2 Å². The number of ether oxygens (including phenoxy) is 3. The van der Waals surface area contributed by atoms with Crippen LogP contribution in [0.5, 0.6) is 0 Å². The van der Waals surface area contributed by atoms with E-state index in [0.29, 0.717) is 30.1 Å². The van der Waals surface area contributed by atoms with Crippen LogP contribution >= 0.6 is 24.0 Å². The van der Waals surface area contributed by atoms with Gasteiger partial charge < -0.3 is 34.6 Å². The summed E-state index contributed by atoms with van der Waals surface area (Å²) in [7, 11) is 8.56. The number of aromatic nitrogens is 1. The molecule has 61 heavy (non-hydrogen) atoms. The highest BCUT2D eigenvalue weighted by atomic mass is 32.1. The third-order valence-corrected chi connectivity index (χ3v) is 13.0. The first-order chi connectivity index (χ1) is 28.9. The van der Waals surface area contributed by atoms with Gasteiger partial charge in [0.1, 0.15) is 17.7 Å². The van der Waals surface area contributed by atoms with Gasteiger partial charge in [0, 0.05) is 38.9 Å². The number of carbonyl (C=O) groups excluding carboxylic acids is 5. The maximum atomic E-state index is 14.4. The summed E-state index contributed by atoms with van der Waals surface area (Å²) in [6, 6.07) is 7.14. The Kier molecular flexibility index (Phi) is 21.1. The predicted molar refractivity (Wildman–Crippen MR) is 242 cm³/mol. The minimum absolute atomic E-state index is 0.00730. The number of likely N-dealkylation sites (tertiary alicyclic amines) is 1. The zero-order valence-corrected chi connectivity index (χ0v) is 40.1. The van der Waals surface area contributed by atoms with E-state index in [9.17, 15) is 24.0 Å². The van der Waals surface area contributed by atoms with Gasteiger partial charge in [-0.1, -0.05) is 85.2 Å². The zero-order chi connectivity index (χ0) is 45.6. The van der Waals surface area contributed by atoms with Crippen molar-refractivity contribution >= 4 is 53.6 Å². The van der Waals surface area contributed by atoms with Gasteiger partial charge >= 0.3 is 5.97 Å². The molecule has 1 fully saturated rings. The molecule has 342 valence electrons. The molecule has 0 bridgehead atoms. The standard InChI is InChI=1S/C45H72N6O8S2/c1-13-29(6)39(50(10)44(55)37(27(2)3)48-42(54)38(28(4)5)49(8)9)35(57-11)25-36(52)51-21-17-20-34(51)40(58-12)30(7)41(53)46-32(24-31-18-15-14-16-19-31)43-47-33(26-61-43)45(56)59-22-23-60/h14-16,18-19,26-30,32,34-35,37-40,60H,13,17,20-25H2,1-12H3,(H,46,53)(H,48,54)/t29-,30+,32-,34-,35+,37-,38?,39-,40+/m0/s1. The molecule has 0 spiro atoms. The lowest BCUT2D eigenvalue weighted by molar-refractivity contribution is -0.148. The van der Waals surface area contributed by atoms with Crippen LogP contribution in [0.15, 0.2) is 35.7 Å². The van der Waals surface area contributed by atoms with Crippen LogP contribution in [-0.4, -0.2) is 140 Å². The van der Waals surface area contributed by atoms with E-state index in [0.717, 1.165) is 18.4 Å². The number of methoxy groups -OCH3 is 2. The lowest BCUT2D eigenvalue weighted by atomic mass is 9.89. The molecule has 9 atom stereocenters. The van der Waals surface area contributed by atoms with Gasteiger partial charge in [-0.15, -0.1) is 11.3 Å². The molecular formula is C45H72N6O8S2. The molecule has 1 unspecified atom stereocenters. The van der Waals surface area contributed by atoms with Crippen molar-refractivity contribution in [2.45, 2.75) is 123 Å². The van der Waals surface area contributed by atoms with E-state index in [1.54, 1.807) is 43.4 Å². The number of amides is 4. The Morgan fingerprint density at radius 1 is 0.951 bits per heavy atom. The van der Waals surface area contributed by atoms with Crippen LogP contribution in [0.25, 0.3) is 0 Å². The predicted octanol–water partition coefficient (Wildman–Crippen LogP) is 5.28. The van der Waals surface area contributed by atoms with Gasteiger partial charge in [-0.05, 0) is 56.7 Å². The van der Waals surface area contributed by atoms with Gasteiger partial charge in [0.2, 0.25) is 23.6 Å². The number of thiazole rings is 1. The fourth-order valence-corrected chi connectivity index (χ4v) is 9.45. The molecule has 1 saturated heterocycles. The van der Waals surface area contributed by atoms with E-state index in [2.05, 4.69) is 28.2 Å². The fraction of sp³-hybridized carbons (Fsp3) is 0.689. The number of esters is 1. The zero-order valence-electron chi connectivity index (χ0n) is 38.4. The van der Waals surface area contributed by atoms with E-state index >= 15 is 0 Å². The summed E-state index contributed by atoms with van der Waals surface area (Å²) in [6.45, 7) is 14.3. The lowest BCUT2D eigenvalue weighted by Crippen LogP contribution is -2.59. The lowest BCUT2D eigenvalue weighted by Gasteiger charge is -2.41. The Morgan fingerprint density at radius 3 is 2.18 bits per heavy atom. The van der Waals surface area contributed by atoms with Gasteiger partial charge in [-0.3, -0.25) is 24.1 Å². The monoisotopic (exact) mass is 888 g/mol. The van der Waals surface area contributed by atoms with E-state index in [1.165, 1.54) is 11.3 Å². The maximum Gasteiger partial charge on any atom is 0.357 e. The average Bonchev–Trinajstić information content (AvgIpc) is 3.92. The van der Waals surface area contributed by atoms with Gasteiger partial charge in [-0.25, -0.2) is 9.78 Å². The van der Waals surface area contributed by atoms with Gasteiger partial charge in [0.25, 0.3) is 0 Å². The van der Waals surface area contributed by atoms with Gasteiger partial charge in [-0.2, -0.15) is 12.6 Å². The van der Waals surface area contributed by atoms with Crippen molar-refractivity contribution in [2.75, 3.05) is 54.3 Å². The number of hydrogen-bond donors (Lipinski definition) is 3. The summed E-state index contributed by atoms with van der Waals surface area (Å²) >= 11 is 5.39. The molecule has 0 aliphatic carbocycles. The molecule has 0 saturated carbocycles. The van der Waals surface area contributed by atoms with Crippen molar-refractivity contribution in [3.63, 3.8) is 0 Å². The molecule has 2 heterocycles. The summed E-state index contributed by atoms with van der Waals surface area (Å²) in [5.74, 6) is -1.89. The summed E-state index contributed by atoms with van der Waals surface area (Å²) in [6.07, 6.45) is 1.27. The molecule has 1 aromatic carbocycles. The molecule has 1 aliphatic rings. The molecule has 2 aromatic rings. The number of likely N-dealkylation sites (N-methyl/N-ethyl adjacent to an activating group) is 2. The average molecular weight is 889 g/mol. The van der Waals surface area contributed by atoms with Crippen LogP contribution < -0.4 is 10.6 Å². The third kappa shape index (κ3) is 14.0. The van der Waals surface area contributed by atoms with Crippen molar-refractivity contribution < 1.29 is 38.2 Å². The number of hydrogen-bond acceptors (Lipinski definition) is 12. The first kappa shape index (κ1) is 51.8. The Morgan fingerprint density at radius 2 is 1.62 bits per heavy atom. The van der Waals surface area contributed by atoms with Crippen LogP contribution in [0.2, 0.25) is 0 Å². The summed E-state index contributed by atoms with van der Waals surface area (Å²) in [4.78, 5) is 78.9. The smallest absolute Gasteiger partial charge is 0.357 e. The molecule has 14 nitrogen and oxygen atoms in total. The molecule has 4 amide bonds. The number of benzene rings is 1. The van der Waals surface area contributed by atoms with Crippen molar-refractivity contribution in [1.29, 1.82) is 0 Å². The van der Waals surface area contributed by atoms with E-state index in [1.807, 2.05) is 90.9 Å². The van der Waals surface area contributed by atoms with Crippen LogP contribution in [0.4, 0.5) is 0 Å². The maximum absolute atomic E-state index is 14.4. The van der Waals surface area contributed by atoms with Crippen LogP contribution in [-0.2, 0) is 39.8 Å². The Labute approximate surface area is 373 Å². The SMILES string of the molecule is CC[C@H](C)[C@@H]([C@@H](CC(=O)N1CCC[C@H]1[C@H](OC)[C@@H](C)C(=O)N[C@@H](Cc1ccccc1)c1nc(C(=O)OCCS)cs1)OC)N(C)C(=O)[C@@H](NC(=O)C(C(C)C)N(C)C)C(C)C. The molecule has 1 aliphatic heterocycles. The fourth-order valence-electron chi connectivity index (χ4n) is 8.52. The molecule has 1 aromatic heterocycles. The highest BCUT2D eigenvalue weighted by molar-refractivity contribution is 7.80. The quantitative estimate of drug-likeness (QED) is 0.0936. The molecule has 2 N–H and O–H groups in total. The number of nitrogens with zero attached hydrogens (tertiary/aromatic N) is 4. The number of nitrogens with one attached hydrogen (secondary N) is 2. The second-order valence-electron chi connectivity index (χ2n) is 17.2. The highest BCUT2D eigenvalue weighted by Crippen LogP contribution is 2.31. The molecular weight excluding hydrogens is 817 g/mol. The molecule has 16 heteroatoms. The minimum Gasteiger partial charge on any atom is -0.460 e. The minimum atomic E-state index is -0.777. The van der Waals surface area contributed by atoms with Crippen molar-refractivity contribution in [3.8, 4) is 0 Å². The van der Waals surface area contributed by atoms with Crippen LogP contribution in [0.3, 0.4) is 0 Å². The first-order valence-corrected chi connectivity index (χ1v) is 23.1. The summed E-state index contributed by atoms with van der Waals surface area (Å²) in [5.41, 5.74) is 1.15. The number of thiol groups is 1. The van der Waals surface area contributed by atoms with Crippen molar-refractivity contribution in [2.24, 2.45) is 23.7 Å². The second kappa shape index (κ2) is 24.9. The van der Waals surface area contributed by atoms with E-state index in [-0.39, 0.29) is 66.1 Å². The largest absolute Gasteiger partial charge is 0.460 e. The molecule has 3 rings (SSSR count). The topological polar surface area (TPSA) is 160 Å².